The van der Waals surface area contributed by atoms with Gasteiger partial charge in [-0.05, 0) is 43.2 Å². The predicted octanol–water partition coefficient (Wildman–Crippen LogP) is 3.30. The van der Waals surface area contributed by atoms with Crippen LogP contribution in [0.1, 0.15) is 22.8 Å². The van der Waals surface area contributed by atoms with Gasteiger partial charge in [0.25, 0.3) is 0 Å². The molecule has 1 unspecified atom stereocenters. The van der Waals surface area contributed by atoms with Gasteiger partial charge in [-0.3, -0.25) is 0 Å². The number of hydrogen-bond acceptors (Lipinski definition) is 2. The first kappa shape index (κ1) is 16.0. The zero-order valence-electron chi connectivity index (χ0n) is 12.6. The molecule has 22 heavy (non-hydrogen) atoms. The van der Waals surface area contributed by atoms with Crippen molar-refractivity contribution in [2.45, 2.75) is 20.0 Å². The van der Waals surface area contributed by atoms with Crippen LogP contribution in [0.5, 0.6) is 0 Å². The molecule has 4 nitrogen and oxygen atoms in total. The van der Waals surface area contributed by atoms with Crippen LogP contribution in [0.15, 0.2) is 42.5 Å². The van der Waals surface area contributed by atoms with Crippen LogP contribution < -0.4 is 10.6 Å². The van der Waals surface area contributed by atoms with Crippen LogP contribution in [0, 0.1) is 19.7 Å². The SMILES string of the molecule is Cc1ccc(NC(=O)NCC(O)c2ccc(F)cc2)c(C)c1. The first-order valence-corrected chi connectivity index (χ1v) is 7.01. The largest absolute Gasteiger partial charge is 0.387 e. The van der Waals surface area contributed by atoms with E-state index in [-0.39, 0.29) is 12.4 Å². The predicted molar refractivity (Wildman–Crippen MR) is 84.3 cm³/mol. The highest BCUT2D eigenvalue weighted by Gasteiger charge is 2.10. The van der Waals surface area contributed by atoms with Crippen molar-refractivity contribution >= 4 is 11.7 Å². The topological polar surface area (TPSA) is 61.4 Å². The Bertz CT molecular complexity index is 656. The fourth-order valence-corrected chi connectivity index (χ4v) is 2.11. The van der Waals surface area contributed by atoms with Crippen LogP contribution >= 0.6 is 0 Å². The van der Waals surface area contributed by atoms with Gasteiger partial charge in [0.2, 0.25) is 0 Å². The summed E-state index contributed by atoms with van der Waals surface area (Å²) in [5, 5.41) is 15.3. The number of anilines is 1. The molecule has 2 rings (SSSR count). The molecule has 116 valence electrons. The van der Waals surface area contributed by atoms with Crippen LogP contribution in [0.4, 0.5) is 14.9 Å². The Labute approximate surface area is 129 Å². The lowest BCUT2D eigenvalue weighted by molar-refractivity contribution is 0.175. The van der Waals surface area contributed by atoms with E-state index in [4.69, 9.17) is 0 Å². The second-order valence-corrected chi connectivity index (χ2v) is 5.22. The molecular weight excluding hydrogens is 283 g/mol. The van der Waals surface area contributed by atoms with E-state index in [1.807, 2.05) is 32.0 Å². The van der Waals surface area contributed by atoms with Crippen LogP contribution in [-0.4, -0.2) is 17.7 Å². The van der Waals surface area contributed by atoms with E-state index in [1.165, 1.54) is 24.3 Å². The second-order valence-electron chi connectivity index (χ2n) is 5.22. The number of carbonyl (C=O) groups is 1. The minimum absolute atomic E-state index is 0.0440. The number of benzene rings is 2. The summed E-state index contributed by atoms with van der Waals surface area (Å²) in [5.41, 5.74) is 3.36. The van der Waals surface area contributed by atoms with Crippen molar-refractivity contribution in [3.8, 4) is 0 Å². The van der Waals surface area contributed by atoms with Crippen molar-refractivity contribution in [1.82, 2.24) is 5.32 Å². The number of aryl methyl sites for hydroxylation is 2. The van der Waals surface area contributed by atoms with Crippen LogP contribution in [0.3, 0.4) is 0 Å². The van der Waals surface area contributed by atoms with E-state index >= 15 is 0 Å². The molecule has 0 saturated carbocycles. The van der Waals surface area contributed by atoms with E-state index in [9.17, 15) is 14.3 Å². The van der Waals surface area contributed by atoms with Crippen molar-refractivity contribution < 1.29 is 14.3 Å². The van der Waals surface area contributed by atoms with E-state index in [0.29, 0.717) is 5.56 Å². The van der Waals surface area contributed by atoms with Gasteiger partial charge in [-0.25, -0.2) is 9.18 Å². The molecular formula is C17H19FN2O2. The quantitative estimate of drug-likeness (QED) is 0.811. The zero-order chi connectivity index (χ0) is 16.1. The third kappa shape index (κ3) is 4.30. The molecule has 2 aromatic carbocycles. The molecule has 0 aliphatic rings. The molecule has 0 spiro atoms. The Morgan fingerprint density at radius 1 is 1.18 bits per heavy atom. The van der Waals surface area contributed by atoms with Crippen molar-refractivity contribution in [2.75, 3.05) is 11.9 Å². The third-order valence-electron chi connectivity index (χ3n) is 3.34. The number of nitrogens with one attached hydrogen (secondary N) is 2. The van der Waals surface area contributed by atoms with Crippen LogP contribution in [0.2, 0.25) is 0 Å². The van der Waals surface area contributed by atoms with Crippen molar-refractivity contribution in [3.63, 3.8) is 0 Å². The summed E-state index contributed by atoms with van der Waals surface area (Å²) < 4.78 is 12.8. The Hall–Kier alpha value is -2.40. The summed E-state index contributed by atoms with van der Waals surface area (Å²) in [4.78, 5) is 11.8. The van der Waals surface area contributed by atoms with Gasteiger partial charge in [0.05, 0.1) is 6.10 Å². The fraction of sp³-hybridized carbons (Fsp3) is 0.235. The van der Waals surface area contributed by atoms with Gasteiger partial charge in [-0.1, -0.05) is 29.8 Å². The zero-order valence-corrected chi connectivity index (χ0v) is 12.6. The number of carbonyl (C=O) groups excluding carboxylic acids is 1. The molecule has 0 fully saturated rings. The molecule has 2 amide bonds. The minimum Gasteiger partial charge on any atom is -0.387 e. The van der Waals surface area contributed by atoms with Crippen molar-refractivity contribution in [3.05, 3.63) is 65.0 Å². The fourth-order valence-electron chi connectivity index (χ4n) is 2.11. The molecule has 0 saturated heterocycles. The summed E-state index contributed by atoms with van der Waals surface area (Å²) in [6, 6.07) is 10.9. The Kier molecular flexibility index (Phi) is 5.12. The lowest BCUT2D eigenvalue weighted by atomic mass is 10.1. The Morgan fingerprint density at radius 3 is 2.50 bits per heavy atom. The van der Waals surface area contributed by atoms with Gasteiger partial charge in [0.1, 0.15) is 5.82 Å². The molecule has 0 radical (unpaired) electrons. The molecule has 2 aromatic rings. The summed E-state index contributed by atoms with van der Waals surface area (Å²) in [5.74, 6) is -0.364. The normalized spacial score (nSPS) is 11.8. The number of amides is 2. The Balaban J connectivity index is 1.88. The third-order valence-corrected chi connectivity index (χ3v) is 3.34. The number of halogens is 1. The number of aliphatic hydroxyl groups is 1. The maximum absolute atomic E-state index is 12.8. The summed E-state index contributed by atoms with van der Waals surface area (Å²) >= 11 is 0. The highest BCUT2D eigenvalue weighted by molar-refractivity contribution is 5.90. The summed E-state index contributed by atoms with van der Waals surface area (Å²) in [6.45, 7) is 3.94. The smallest absolute Gasteiger partial charge is 0.319 e. The molecule has 5 heteroatoms. The lowest BCUT2D eigenvalue weighted by Gasteiger charge is -2.14. The monoisotopic (exact) mass is 302 g/mol. The minimum atomic E-state index is -0.884. The number of hydrogen-bond donors (Lipinski definition) is 3. The van der Waals surface area contributed by atoms with Gasteiger partial charge >= 0.3 is 6.03 Å². The van der Waals surface area contributed by atoms with Gasteiger partial charge in [0, 0.05) is 12.2 Å². The molecule has 0 aromatic heterocycles. The molecule has 0 aliphatic heterocycles. The highest BCUT2D eigenvalue weighted by Crippen LogP contribution is 2.16. The van der Waals surface area contributed by atoms with E-state index in [0.717, 1.165) is 16.8 Å². The van der Waals surface area contributed by atoms with Gasteiger partial charge in [-0.15, -0.1) is 0 Å². The molecule has 0 heterocycles. The van der Waals surface area contributed by atoms with E-state index in [1.54, 1.807) is 0 Å². The lowest BCUT2D eigenvalue weighted by Crippen LogP contribution is -2.32. The van der Waals surface area contributed by atoms with Crippen LogP contribution in [-0.2, 0) is 0 Å². The van der Waals surface area contributed by atoms with E-state index in [2.05, 4.69) is 10.6 Å². The van der Waals surface area contributed by atoms with Gasteiger partial charge < -0.3 is 15.7 Å². The second kappa shape index (κ2) is 7.04. The van der Waals surface area contributed by atoms with E-state index < -0.39 is 12.1 Å². The Morgan fingerprint density at radius 2 is 1.86 bits per heavy atom. The molecule has 0 aliphatic carbocycles. The summed E-state index contributed by atoms with van der Waals surface area (Å²) in [6.07, 6.45) is -0.884. The van der Waals surface area contributed by atoms with Crippen molar-refractivity contribution in [1.29, 1.82) is 0 Å². The maximum Gasteiger partial charge on any atom is 0.319 e. The average Bonchev–Trinajstić information content (AvgIpc) is 2.48. The average molecular weight is 302 g/mol. The van der Waals surface area contributed by atoms with Crippen LogP contribution in [0.25, 0.3) is 0 Å². The standard InChI is InChI=1S/C17H19FN2O2/c1-11-3-8-15(12(2)9-11)20-17(22)19-10-16(21)13-4-6-14(18)7-5-13/h3-9,16,21H,10H2,1-2H3,(H2,19,20,22). The van der Waals surface area contributed by atoms with Gasteiger partial charge in [-0.2, -0.15) is 0 Å². The first-order valence-electron chi connectivity index (χ1n) is 7.01. The van der Waals surface area contributed by atoms with Crippen molar-refractivity contribution in [2.24, 2.45) is 0 Å². The number of aliphatic hydroxyl groups excluding tert-OH is 1. The number of rotatable bonds is 4. The number of urea groups is 1. The first-order chi connectivity index (χ1) is 10.5. The molecule has 1 atom stereocenters. The maximum atomic E-state index is 12.8. The highest BCUT2D eigenvalue weighted by atomic mass is 19.1. The molecule has 3 N–H and O–H groups in total. The molecule has 0 bridgehead atoms. The van der Waals surface area contributed by atoms with Gasteiger partial charge in [0.15, 0.2) is 0 Å². The summed E-state index contributed by atoms with van der Waals surface area (Å²) in [7, 11) is 0.